The molecule has 2 aliphatic rings. The van der Waals surface area contributed by atoms with Crippen molar-refractivity contribution in [2.75, 3.05) is 0 Å². The quantitative estimate of drug-likeness (QED) is 0.869. The van der Waals surface area contributed by atoms with Gasteiger partial charge in [-0.05, 0) is 43.5 Å². The van der Waals surface area contributed by atoms with Gasteiger partial charge in [0.1, 0.15) is 4.34 Å². The number of carbonyl (C=O) groups excluding carboxylic acids is 1. The van der Waals surface area contributed by atoms with Gasteiger partial charge in [-0.3, -0.25) is 4.79 Å². The number of hydrogen-bond acceptors (Lipinski definition) is 5. The lowest BCUT2D eigenvalue weighted by molar-refractivity contribution is 0.0931. The van der Waals surface area contributed by atoms with E-state index in [9.17, 15) is 4.79 Å². The Balaban J connectivity index is 1.38. The van der Waals surface area contributed by atoms with Gasteiger partial charge >= 0.3 is 0 Å². The smallest absolute Gasteiger partial charge is 0.251 e. The van der Waals surface area contributed by atoms with Crippen LogP contribution in [-0.2, 0) is 0 Å². The average Bonchev–Trinajstić information content (AvgIpc) is 3.25. The molecule has 2 bridgehead atoms. The molecule has 0 radical (unpaired) electrons. The number of aromatic nitrogens is 1. The number of halogens is 1. The Kier molecular flexibility index (Phi) is 4.32. The van der Waals surface area contributed by atoms with Crippen molar-refractivity contribution in [3.63, 3.8) is 0 Å². The first-order valence-electron chi connectivity index (χ1n) is 7.63. The number of carbonyl (C=O) groups is 1. The van der Waals surface area contributed by atoms with E-state index in [2.05, 4.69) is 15.6 Å². The van der Waals surface area contributed by atoms with Gasteiger partial charge in [-0.25, -0.2) is 4.98 Å². The van der Waals surface area contributed by atoms with Gasteiger partial charge in [0, 0.05) is 28.6 Å². The maximum absolute atomic E-state index is 12.4. The lowest BCUT2D eigenvalue weighted by atomic mass is 9.95. The van der Waals surface area contributed by atoms with E-state index < -0.39 is 0 Å². The van der Waals surface area contributed by atoms with Gasteiger partial charge in [0.05, 0.1) is 6.20 Å². The number of hydrogen-bond donors (Lipinski definition) is 2. The minimum Gasteiger partial charge on any atom is -0.348 e. The topological polar surface area (TPSA) is 54.0 Å². The fourth-order valence-electron chi connectivity index (χ4n) is 3.30. The summed E-state index contributed by atoms with van der Waals surface area (Å²) in [5.74, 6) is 0.0122. The van der Waals surface area contributed by atoms with E-state index in [1.807, 2.05) is 24.3 Å². The Bertz CT molecular complexity index is 718. The van der Waals surface area contributed by atoms with E-state index in [1.54, 1.807) is 18.0 Å². The molecule has 1 amide bonds. The Morgan fingerprint density at radius 2 is 2.17 bits per heavy atom. The van der Waals surface area contributed by atoms with Crippen LogP contribution in [0.15, 0.2) is 39.7 Å². The van der Waals surface area contributed by atoms with Crippen LogP contribution >= 0.6 is 34.7 Å². The second-order valence-corrected chi connectivity index (χ2v) is 8.90. The van der Waals surface area contributed by atoms with Crippen LogP contribution in [0.4, 0.5) is 0 Å². The van der Waals surface area contributed by atoms with Crippen molar-refractivity contribution >= 4 is 40.6 Å². The molecule has 3 unspecified atom stereocenters. The monoisotopic (exact) mass is 365 g/mol. The summed E-state index contributed by atoms with van der Waals surface area (Å²) in [5.41, 5.74) is 0.703. The number of nitrogens with one attached hydrogen (secondary N) is 2. The fraction of sp³-hybridized carbons (Fsp3) is 0.375. The van der Waals surface area contributed by atoms with Crippen LogP contribution in [0.1, 0.15) is 29.6 Å². The molecular formula is C16H16ClN3OS2. The van der Waals surface area contributed by atoms with Crippen LogP contribution < -0.4 is 10.6 Å². The van der Waals surface area contributed by atoms with Crippen molar-refractivity contribution in [3.05, 3.63) is 40.4 Å². The molecule has 2 N–H and O–H groups in total. The summed E-state index contributed by atoms with van der Waals surface area (Å²) in [7, 11) is 0. The average molecular weight is 366 g/mol. The highest BCUT2D eigenvalue weighted by atomic mass is 35.5. The van der Waals surface area contributed by atoms with Gasteiger partial charge in [0.15, 0.2) is 4.34 Å². The maximum Gasteiger partial charge on any atom is 0.251 e. The molecule has 2 fully saturated rings. The predicted molar refractivity (Wildman–Crippen MR) is 93.5 cm³/mol. The van der Waals surface area contributed by atoms with Crippen molar-refractivity contribution in [2.24, 2.45) is 0 Å². The van der Waals surface area contributed by atoms with Crippen LogP contribution in [0.2, 0.25) is 4.34 Å². The molecule has 1 aromatic heterocycles. The molecule has 7 heteroatoms. The van der Waals surface area contributed by atoms with Crippen LogP contribution in [0.25, 0.3) is 0 Å². The summed E-state index contributed by atoms with van der Waals surface area (Å²) in [5, 5.41) is 6.70. The fourth-order valence-corrected chi connectivity index (χ4v) is 5.38. The number of amides is 1. The molecule has 4 rings (SSSR count). The SMILES string of the molecule is O=C(NC1CC2CCC1N2)c1ccc(Sc2ncc(Cl)s2)cc1. The summed E-state index contributed by atoms with van der Waals surface area (Å²) in [6, 6.07) is 8.96. The van der Waals surface area contributed by atoms with Crippen molar-refractivity contribution < 1.29 is 4.79 Å². The summed E-state index contributed by atoms with van der Waals surface area (Å²) in [6.07, 6.45) is 5.11. The van der Waals surface area contributed by atoms with Gasteiger partial charge in [-0.2, -0.15) is 0 Å². The standard InChI is InChI=1S/C16H16ClN3OS2/c17-14-8-18-16(23-14)22-11-4-1-9(2-5-11)15(21)20-13-7-10-3-6-12(13)19-10/h1-2,4-5,8,10,12-13,19H,3,6-7H2,(H,20,21). The summed E-state index contributed by atoms with van der Waals surface area (Å²) in [4.78, 5) is 17.6. The van der Waals surface area contributed by atoms with Crippen molar-refractivity contribution in [1.82, 2.24) is 15.6 Å². The molecule has 2 aromatic rings. The van der Waals surface area contributed by atoms with Crippen molar-refractivity contribution in [2.45, 2.75) is 46.6 Å². The third-order valence-corrected chi connectivity index (χ3v) is 6.59. The number of thiazole rings is 1. The molecule has 120 valence electrons. The van der Waals surface area contributed by atoms with E-state index in [-0.39, 0.29) is 11.9 Å². The van der Waals surface area contributed by atoms with Crippen LogP contribution in [0.5, 0.6) is 0 Å². The zero-order valence-corrected chi connectivity index (χ0v) is 14.7. The molecule has 0 spiro atoms. The zero-order valence-electron chi connectivity index (χ0n) is 12.3. The van der Waals surface area contributed by atoms with Crippen LogP contribution in [0, 0.1) is 0 Å². The van der Waals surface area contributed by atoms with Gasteiger partial charge < -0.3 is 10.6 Å². The van der Waals surface area contributed by atoms with Crippen LogP contribution in [-0.4, -0.2) is 29.0 Å². The highest BCUT2D eigenvalue weighted by Crippen LogP contribution is 2.33. The number of benzene rings is 1. The molecule has 1 aromatic carbocycles. The summed E-state index contributed by atoms with van der Waals surface area (Å²) < 4.78 is 1.59. The van der Waals surface area contributed by atoms with Gasteiger partial charge in [0.25, 0.3) is 5.91 Å². The number of nitrogens with zero attached hydrogens (tertiary/aromatic N) is 1. The lowest BCUT2D eigenvalue weighted by Gasteiger charge is -2.21. The van der Waals surface area contributed by atoms with E-state index in [0.29, 0.717) is 22.0 Å². The molecule has 3 heterocycles. The van der Waals surface area contributed by atoms with E-state index in [4.69, 9.17) is 11.6 Å². The molecule has 23 heavy (non-hydrogen) atoms. The Hall–Kier alpha value is -1.08. The maximum atomic E-state index is 12.4. The van der Waals surface area contributed by atoms with Crippen molar-refractivity contribution in [1.29, 1.82) is 0 Å². The molecule has 2 aliphatic heterocycles. The molecule has 2 saturated heterocycles. The van der Waals surface area contributed by atoms with Gasteiger partial charge in [0.2, 0.25) is 0 Å². The summed E-state index contributed by atoms with van der Waals surface area (Å²) in [6.45, 7) is 0. The molecule has 0 saturated carbocycles. The Labute approximate surface area is 148 Å². The first kappa shape index (κ1) is 15.4. The van der Waals surface area contributed by atoms with E-state index in [1.165, 1.54) is 24.2 Å². The van der Waals surface area contributed by atoms with E-state index in [0.717, 1.165) is 15.7 Å². The van der Waals surface area contributed by atoms with Crippen molar-refractivity contribution in [3.8, 4) is 0 Å². The Morgan fingerprint density at radius 3 is 2.78 bits per heavy atom. The largest absolute Gasteiger partial charge is 0.348 e. The lowest BCUT2D eigenvalue weighted by Crippen LogP contribution is -2.42. The predicted octanol–water partition coefficient (Wildman–Crippen LogP) is 3.57. The number of fused-ring (bicyclic) bond motifs is 2. The van der Waals surface area contributed by atoms with Gasteiger partial charge in [-0.15, -0.1) is 0 Å². The second-order valence-electron chi connectivity index (χ2n) is 5.92. The second kappa shape index (κ2) is 6.43. The normalized spacial score (nSPS) is 25.7. The Morgan fingerprint density at radius 1 is 1.35 bits per heavy atom. The number of rotatable bonds is 4. The molecule has 4 nitrogen and oxygen atoms in total. The highest BCUT2D eigenvalue weighted by molar-refractivity contribution is 8.01. The van der Waals surface area contributed by atoms with Crippen LogP contribution in [0.3, 0.4) is 0 Å². The minimum atomic E-state index is 0.0122. The third-order valence-electron chi connectivity index (χ3n) is 4.39. The third kappa shape index (κ3) is 3.40. The molecular weight excluding hydrogens is 350 g/mol. The first-order chi connectivity index (χ1) is 11.2. The first-order valence-corrected chi connectivity index (χ1v) is 9.64. The van der Waals surface area contributed by atoms with Gasteiger partial charge in [-0.1, -0.05) is 34.7 Å². The highest BCUT2D eigenvalue weighted by Gasteiger charge is 2.39. The van der Waals surface area contributed by atoms with E-state index >= 15 is 0 Å². The molecule has 3 atom stereocenters. The minimum absolute atomic E-state index is 0.0122. The summed E-state index contributed by atoms with van der Waals surface area (Å²) >= 11 is 8.89. The molecule has 0 aliphatic carbocycles. The zero-order chi connectivity index (χ0) is 15.8.